The van der Waals surface area contributed by atoms with Gasteiger partial charge in [-0.05, 0) is 112 Å². The highest BCUT2D eigenvalue weighted by Crippen LogP contribution is 2.60. The van der Waals surface area contributed by atoms with Gasteiger partial charge in [-0.1, -0.05) is 0 Å². The van der Waals surface area contributed by atoms with E-state index >= 15 is 0 Å². The van der Waals surface area contributed by atoms with Crippen LogP contribution in [0, 0.1) is 17.8 Å². The number of aryl methyl sites for hydroxylation is 2. The van der Waals surface area contributed by atoms with Gasteiger partial charge in [0.15, 0.2) is 5.11 Å². The molecular weight excluding hydrogens is 510 g/mol. The summed E-state index contributed by atoms with van der Waals surface area (Å²) in [5.41, 5.74) is 1.78. The average molecular weight is 548 g/mol. The van der Waals surface area contributed by atoms with Crippen molar-refractivity contribution < 1.29 is 4.42 Å². The molecule has 3 aromatic heterocycles. The Hall–Kier alpha value is -2.19. The van der Waals surface area contributed by atoms with Gasteiger partial charge in [0.2, 0.25) is 0 Å². The van der Waals surface area contributed by atoms with E-state index in [1.165, 1.54) is 86.1 Å². The van der Waals surface area contributed by atoms with E-state index in [0.29, 0.717) is 6.54 Å². The molecule has 38 heavy (non-hydrogen) atoms. The summed E-state index contributed by atoms with van der Waals surface area (Å²) >= 11 is 7.72. The summed E-state index contributed by atoms with van der Waals surface area (Å²) in [6, 6.07) is 3.90. The largest absolute Gasteiger partial charge is 0.467 e. The van der Waals surface area contributed by atoms with Crippen LogP contribution in [0.15, 0.2) is 22.8 Å². The molecule has 9 rings (SSSR count). The lowest BCUT2D eigenvalue weighted by Gasteiger charge is -2.56. The van der Waals surface area contributed by atoms with Gasteiger partial charge >= 0.3 is 0 Å². The Bertz CT molecular complexity index is 1320. The second-order valence-corrected chi connectivity index (χ2v) is 14.1. The Kier molecular flexibility index (Phi) is 5.72. The number of nitrogens with one attached hydrogen (secondary N) is 1. The van der Waals surface area contributed by atoms with Gasteiger partial charge in [-0.15, -0.1) is 11.3 Å². The topological polar surface area (TPSA) is 57.4 Å². The van der Waals surface area contributed by atoms with Crippen molar-refractivity contribution in [1.29, 1.82) is 0 Å². The monoisotopic (exact) mass is 547 g/mol. The highest BCUT2D eigenvalue weighted by molar-refractivity contribution is 7.80. The van der Waals surface area contributed by atoms with Gasteiger partial charge in [-0.3, -0.25) is 0 Å². The van der Waals surface area contributed by atoms with E-state index in [1.54, 1.807) is 16.7 Å². The van der Waals surface area contributed by atoms with E-state index in [2.05, 4.69) is 15.1 Å². The number of thiocarbonyl (C=S) groups is 1. The van der Waals surface area contributed by atoms with Crippen molar-refractivity contribution in [3.05, 3.63) is 40.4 Å². The third-order valence-corrected chi connectivity index (χ3v) is 11.8. The molecule has 1 N–H and O–H groups in total. The van der Waals surface area contributed by atoms with Gasteiger partial charge in [0, 0.05) is 36.5 Å². The second kappa shape index (κ2) is 9.19. The van der Waals surface area contributed by atoms with E-state index in [0.717, 1.165) is 54.8 Å². The fourth-order valence-corrected chi connectivity index (χ4v) is 10.3. The van der Waals surface area contributed by atoms with Crippen LogP contribution in [0.25, 0.3) is 10.2 Å². The molecule has 0 spiro atoms. The fraction of sp³-hybridized carbons (Fsp3) is 0.633. The predicted octanol–water partition coefficient (Wildman–Crippen LogP) is 5.83. The summed E-state index contributed by atoms with van der Waals surface area (Å²) in [4.78, 5) is 18.7. The van der Waals surface area contributed by atoms with E-state index in [-0.39, 0.29) is 5.41 Å². The van der Waals surface area contributed by atoms with Crippen LogP contribution in [0.5, 0.6) is 0 Å². The quantitative estimate of drug-likeness (QED) is 0.413. The minimum Gasteiger partial charge on any atom is -0.467 e. The number of anilines is 1. The number of furan rings is 1. The molecule has 3 aromatic rings. The minimum absolute atomic E-state index is 0.224. The number of piperazine rings is 1. The molecule has 5 fully saturated rings. The molecular formula is C30H37N5OS2. The van der Waals surface area contributed by atoms with Gasteiger partial charge in [-0.25, -0.2) is 9.97 Å². The van der Waals surface area contributed by atoms with Crippen molar-refractivity contribution in [2.24, 2.45) is 17.8 Å². The highest BCUT2D eigenvalue weighted by atomic mass is 32.1. The molecule has 0 amide bonds. The van der Waals surface area contributed by atoms with Gasteiger partial charge in [-0.2, -0.15) is 0 Å². The Labute approximate surface area is 234 Å². The first-order valence-corrected chi connectivity index (χ1v) is 16.0. The molecule has 0 aromatic carbocycles. The van der Waals surface area contributed by atoms with Crippen LogP contribution < -0.4 is 10.2 Å². The maximum absolute atomic E-state index is 5.75. The first-order chi connectivity index (χ1) is 18.6. The van der Waals surface area contributed by atoms with Crippen LogP contribution in [0.3, 0.4) is 0 Å². The van der Waals surface area contributed by atoms with Crippen LogP contribution in [-0.2, 0) is 24.8 Å². The van der Waals surface area contributed by atoms with Crippen molar-refractivity contribution in [2.45, 2.75) is 76.2 Å². The maximum Gasteiger partial charge on any atom is 0.169 e. The lowest BCUT2D eigenvalue weighted by Crippen LogP contribution is -2.52. The molecule has 4 bridgehead atoms. The molecule has 5 aliphatic carbocycles. The number of hydrogen-bond acceptors (Lipinski definition) is 6. The first-order valence-electron chi connectivity index (χ1n) is 14.8. The molecule has 6 nitrogen and oxygen atoms in total. The molecule has 8 heteroatoms. The van der Waals surface area contributed by atoms with Gasteiger partial charge in [0.1, 0.15) is 22.2 Å². The summed E-state index contributed by atoms with van der Waals surface area (Å²) in [6.07, 6.45) is 15.0. The summed E-state index contributed by atoms with van der Waals surface area (Å²) in [7, 11) is 0. The summed E-state index contributed by atoms with van der Waals surface area (Å²) in [5, 5.41) is 5.58. The highest BCUT2D eigenvalue weighted by Gasteiger charge is 2.53. The number of thiophene rings is 1. The van der Waals surface area contributed by atoms with E-state index in [9.17, 15) is 0 Å². The average Bonchev–Trinajstić information content (AvgIpc) is 3.58. The summed E-state index contributed by atoms with van der Waals surface area (Å²) in [6.45, 7) is 4.34. The minimum atomic E-state index is 0.224. The zero-order valence-electron chi connectivity index (χ0n) is 22.1. The van der Waals surface area contributed by atoms with E-state index in [1.807, 2.05) is 23.5 Å². The normalized spacial score (nSPS) is 30.2. The summed E-state index contributed by atoms with van der Waals surface area (Å²) < 4.78 is 5.46. The molecule has 4 heterocycles. The number of hydrogen-bond donors (Lipinski definition) is 1. The van der Waals surface area contributed by atoms with Crippen molar-refractivity contribution in [3.8, 4) is 0 Å². The zero-order valence-corrected chi connectivity index (χ0v) is 23.7. The van der Waals surface area contributed by atoms with Gasteiger partial charge in [0.05, 0.1) is 18.2 Å². The molecule has 200 valence electrons. The lowest BCUT2D eigenvalue weighted by atomic mass is 9.49. The van der Waals surface area contributed by atoms with Crippen molar-refractivity contribution in [1.82, 2.24) is 20.2 Å². The fourth-order valence-electron chi connectivity index (χ4n) is 8.80. The molecule has 4 saturated carbocycles. The first kappa shape index (κ1) is 23.7. The van der Waals surface area contributed by atoms with Crippen molar-refractivity contribution in [2.75, 3.05) is 31.1 Å². The molecule has 1 saturated heterocycles. The van der Waals surface area contributed by atoms with Crippen LogP contribution in [0.4, 0.5) is 5.82 Å². The van der Waals surface area contributed by atoms with Crippen LogP contribution in [0.2, 0.25) is 0 Å². The third-order valence-electron chi connectivity index (χ3n) is 10.2. The number of rotatable bonds is 4. The number of fused-ring (bicyclic) bond motifs is 3. The van der Waals surface area contributed by atoms with Crippen LogP contribution in [-0.4, -0.2) is 46.2 Å². The van der Waals surface area contributed by atoms with Crippen LogP contribution in [0.1, 0.15) is 73.4 Å². The lowest BCUT2D eigenvalue weighted by molar-refractivity contribution is -0.00918. The Morgan fingerprint density at radius 1 is 1.03 bits per heavy atom. The number of nitrogens with zero attached hydrogens (tertiary/aromatic N) is 4. The SMILES string of the molecule is S=C(NCc1ccco1)N1CCN(c2nc(C34CC5CC(CC(C5)C3)C4)nc3sc4c(c23)CCCC4)CC1. The molecule has 0 atom stereocenters. The molecule has 1 aliphatic heterocycles. The molecule has 0 unspecified atom stereocenters. The third kappa shape index (κ3) is 3.96. The van der Waals surface area contributed by atoms with Crippen molar-refractivity contribution in [3.63, 3.8) is 0 Å². The van der Waals surface area contributed by atoms with Crippen LogP contribution >= 0.6 is 23.6 Å². The predicted molar refractivity (Wildman–Crippen MR) is 156 cm³/mol. The van der Waals surface area contributed by atoms with E-state index in [4.69, 9.17) is 26.6 Å². The summed E-state index contributed by atoms with van der Waals surface area (Å²) in [5.74, 6) is 6.04. The Morgan fingerprint density at radius 3 is 2.47 bits per heavy atom. The molecule has 6 aliphatic rings. The maximum atomic E-state index is 5.75. The Morgan fingerprint density at radius 2 is 1.76 bits per heavy atom. The standard InChI is InChI=1S/C30H37N5OS2/c37-29(31-18-22-4-3-11-36-22)35-9-7-34(8-10-35)26-25-23-5-1-2-6-24(23)38-27(25)33-28(32-26)30-15-19-12-20(16-30)14-21(13-19)17-30/h3-4,11,19-21H,1-2,5-10,12-18H2,(H,31,37). The van der Waals surface area contributed by atoms with Gasteiger partial charge in [0.25, 0.3) is 0 Å². The van der Waals surface area contributed by atoms with Crippen molar-refractivity contribution >= 4 is 44.7 Å². The zero-order chi connectivity index (χ0) is 25.3. The van der Waals surface area contributed by atoms with E-state index < -0.39 is 0 Å². The molecule has 0 radical (unpaired) electrons. The second-order valence-electron chi connectivity index (χ2n) is 12.7. The smallest absolute Gasteiger partial charge is 0.169 e. The number of aromatic nitrogens is 2. The Balaban J connectivity index is 1.10. The van der Waals surface area contributed by atoms with Gasteiger partial charge < -0.3 is 19.5 Å².